The van der Waals surface area contributed by atoms with Gasteiger partial charge in [0.25, 0.3) is 5.91 Å². The molecule has 8 heteroatoms. The standard InChI is InChI=1S/C24H32BrN3O4/c1-22(2,3)32-21(30)28(5)20-26-24(19(29)27(20)4)18-13-16(25)8-7-15(18)14-23(24)11-9-17(31-6)10-12-23/h7-8,13,17H,9-12,14H2,1-6H3. The highest BCUT2D eigenvalue weighted by Gasteiger charge is 2.66. The van der Waals surface area contributed by atoms with Crippen LogP contribution in [0, 0.1) is 5.41 Å². The average Bonchev–Trinajstić information content (AvgIpc) is 3.14. The van der Waals surface area contributed by atoms with Gasteiger partial charge in [-0.1, -0.05) is 22.0 Å². The van der Waals surface area contributed by atoms with Crippen LogP contribution in [0.1, 0.15) is 57.6 Å². The van der Waals surface area contributed by atoms with Crippen LogP contribution in [0.2, 0.25) is 0 Å². The number of hydrogen-bond donors (Lipinski definition) is 0. The molecule has 0 bridgehead atoms. The van der Waals surface area contributed by atoms with Crippen molar-refractivity contribution in [2.45, 2.75) is 70.1 Å². The average molecular weight is 506 g/mol. The molecule has 1 saturated carbocycles. The Bertz CT molecular complexity index is 978. The summed E-state index contributed by atoms with van der Waals surface area (Å²) in [6.45, 7) is 5.46. The molecule has 1 fully saturated rings. The van der Waals surface area contributed by atoms with E-state index < -0.39 is 17.2 Å². The molecule has 4 rings (SSSR count). The number of carbonyl (C=O) groups is 2. The summed E-state index contributed by atoms with van der Waals surface area (Å²) >= 11 is 3.59. The molecule has 1 heterocycles. The van der Waals surface area contributed by atoms with E-state index in [1.807, 2.05) is 32.9 Å². The van der Waals surface area contributed by atoms with Crippen molar-refractivity contribution >= 4 is 33.9 Å². The van der Waals surface area contributed by atoms with E-state index in [0.29, 0.717) is 5.96 Å². The van der Waals surface area contributed by atoms with E-state index in [2.05, 4.69) is 22.0 Å². The Morgan fingerprint density at radius 3 is 2.53 bits per heavy atom. The summed E-state index contributed by atoms with van der Waals surface area (Å²) in [5, 5.41) is 0. The Hall–Kier alpha value is -1.93. The van der Waals surface area contributed by atoms with Crippen molar-refractivity contribution < 1.29 is 19.1 Å². The van der Waals surface area contributed by atoms with Crippen molar-refractivity contribution in [3.05, 3.63) is 33.8 Å². The smallest absolute Gasteiger partial charge is 0.416 e. The van der Waals surface area contributed by atoms with E-state index in [1.54, 1.807) is 21.2 Å². The summed E-state index contributed by atoms with van der Waals surface area (Å²) in [6, 6.07) is 6.14. The van der Waals surface area contributed by atoms with Crippen LogP contribution in [0.3, 0.4) is 0 Å². The van der Waals surface area contributed by atoms with E-state index in [4.69, 9.17) is 14.5 Å². The fourth-order valence-electron chi connectivity index (χ4n) is 5.58. The third-order valence-corrected chi connectivity index (χ3v) is 7.62. The number of rotatable bonds is 1. The van der Waals surface area contributed by atoms with Gasteiger partial charge in [-0.2, -0.15) is 0 Å². The fraction of sp³-hybridized carbons (Fsp3) is 0.625. The summed E-state index contributed by atoms with van der Waals surface area (Å²) < 4.78 is 12.1. The lowest BCUT2D eigenvalue weighted by Gasteiger charge is -2.45. The van der Waals surface area contributed by atoms with E-state index in [9.17, 15) is 9.59 Å². The molecule has 174 valence electrons. The number of methoxy groups -OCH3 is 1. The number of ether oxygens (including phenoxy) is 2. The highest BCUT2D eigenvalue weighted by Crippen LogP contribution is 2.62. The van der Waals surface area contributed by atoms with Crippen molar-refractivity contribution in [3.8, 4) is 0 Å². The van der Waals surface area contributed by atoms with Gasteiger partial charge in [-0.25, -0.2) is 9.79 Å². The van der Waals surface area contributed by atoms with Gasteiger partial charge in [0, 0.05) is 31.1 Å². The number of aliphatic imine (C=N–C) groups is 1. The van der Waals surface area contributed by atoms with Gasteiger partial charge in [-0.05, 0) is 76.1 Å². The quantitative estimate of drug-likeness (QED) is 0.564. The Labute approximate surface area is 198 Å². The predicted molar refractivity (Wildman–Crippen MR) is 125 cm³/mol. The van der Waals surface area contributed by atoms with Crippen LogP contribution in [-0.2, 0) is 26.2 Å². The maximum Gasteiger partial charge on any atom is 0.416 e. The number of fused-ring (bicyclic) bond motifs is 3. The Morgan fingerprint density at radius 2 is 1.94 bits per heavy atom. The SMILES string of the molecule is COC1CCC2(CC1)Cc1ccc(Br)cc1C21N=C(N(C)C(=O)OC(C)(C)C)N(C)C1=O. The lowest BCUT2D eigenvalue weighted by molar-refractivity contribution is -0.137. The molecule has 7 nitrogen and oxygen atoms in total. The first-order chi connectivity index (χ1) is 14.9. The first kappa shape index (κ1) is 23.2. The molecular weight excluding hydrogens is 474 g/mol. The van der Waals surface area contributed by atoms with Crippen molar-refractivity contribution in [3.63, 3.8) is 0 Å². The molecule has 3 aliphatic rings. The van der Waals surface area contributed by atoms with Crippen LogP contribution >= 0.6 is 15.9 Å². The minimum absolute atomic E-state index is 0.0874. The Kier molecular flexibility index (Phi) is 5.69. The molecule has 1 aromatic carbocycles. The monoisotopic (exact) mass is 505 g/mol. The van der Waals surface area contributed by atoms with Gasteiger partial charge in [0.15, 0.2) is 5.54 Å². The number of hydrogen-bond acceptors (Lipinski definition) is 5. The second-order valence-corrected chi connectivity index (χ2v) is 11.1. The molecule has 2 spiro atoms. The lowest BCUT2D eigenvalue weighted by Crippen LogP contribution is -2.51. The van der Waals surface area contributed by atoms with Crippen LogP contribution < -0.4 is 0 Å². The van der Waals surface area contributed by atoms with Crippen LogP contribution in [-0.4, -0.2) is 60.7 Å². The van der Waals surface area contributed by atoms with E-state index >= 15 is 0 Å². The van der Waals surface area contributed by atoms with Gasteiger partial charge in [0.2, 0.25) is 5.96 Å². The van der Waals surface area contributed by atoms with Crippen LogP contribution in [0.15, 0.2) is 27.7 Å². The summed E-state index contributed by atoms with van der Waals surface area (Å²) in [4.78, 5) is 34.8. The summed E-state index contributed by atoms with van der Waals surface area (Å²) in [5.74, 6) is 0.237. The van der Waals surface area contributed by atoms with Gasteiger partial charge in [0.05, 0.1) is 6.10 Å². The largest absolute Gasteiger partial charge is 0.443 e. The molecule has 2 aliphatic carbocycles. The van der Waals surface area contributed by atoms with Crippen molar-refractivity contribution in [1.82, 2.24) is 9.80 Å². The summed E-state index contributed by atoms with van der Waals surface area (Å²) in [5.41, 5.74) is 0.0519. The highest BCUT2D eigenvalue weighted by atomic mass is 79.9. The maximum atomic E-state index is 14.0. The predicted octanol–water partition coefficient (Wildman–Crippen LogP) is 4.47. The number of benzene rings is 1. The van der Waals surface area contributed by atoms with E-state index in [-0.39, 0.29) is 17.4 Å². The molecule has 1 atom stereocenters. The second kappa shape index (κ2) is 7.83. The lowest BCUT2D eigenvalue weighted by atomic mass is 9.61. The molecule has 2 amide bonds. The topological polar surface area (TPSA) is 71.4 Å². The van der Waals surface area contributed by atoms with Crippen molar-refractivity contribution in [2.75, 3.05) is 21.2 Å². The van der Waals surface area contributed by atoms with Gasteiger partial charge in [-0.15, -0.1) is 0 Å². The molecular formula is C24H32BrN3O4. The third-order valence-electron chi connectivity index (χ3n) is 7.13. The molecule has 1 aliphatic heterocycles. The van der Waals surface area contributed by atoms with Crippen LogP contribution in [0.5, 0.6) is 0 Å². The number of guanidine groups is 1. The van der Waals surface area contributed by atoms with E-state index in [1.165, 1.54) is 9.80 Å². The van der Waals surface area contributed by atoms with Crippen molar-refractivity contribution in [2.24, 2.45) is 10.4 Å². The number of halogens is 1. The number of amides is 2. The second-order valence-electron chi connectivity index (χ2n) is 10.2. The normalized spacial score (nSPS) is 29.5. The van der Waals surface area contributed by atoms with Gasteiger partial charge in [0.1, 0.15) is 5.60 Å². The zero-order valence-electron chi connectivity index (χ0n) is 19.7. The zero-order valence-corrected chi connectivity index (χ0v) is 21.3. The van der Waals surface area contributed by atoms with Gasteiger partial charge >= 0.3 is 6.09 Å². The first-order valence-electron chi connectivity index (χ1n) is 11.1. The number of likely N-dealkylation sites (N-methyl/N-ethyl adjacent to an activating group) is 1. The molecule has 0 N–H and O–H groups in total. The first-order valence-corrected chi connectivity index (χ1v) is 11.9. The van der Waals surface area contributed by atoms with Crippen molar-refractivity contribution in [1.29, 1.82) is 0 Å². The molecule has 1 aromatic rings. The van der Waals surface area contributed by atoms with Gasteiger partial charge in [-0.3, -0.25) is 14.6 Å². The molecule has 0 radical (unpaired) electrons. The summed E-state index contributed by atoms with van der Waals surface area (Å²) in [6.07, 6.45) is 3.91. The van der Waals surface area contributed by atoms with Crippen LogP contribution in [0.25, 0.3) is 0 Å². The minimum Gasteiger partial charge on any atom is -0.443 e. The maximum absolute atomic E-state index is 14.0. The number of carbonyl (C=O) groups excluding carboxylic acids is 2. The highest BCUT2D eigenvalue weighted by molar-refractivity contribution is 9.10. The molecule has 32 heavy (non-hydrogen) atoms. The Balaban J connectivity index is 1.83. The van der Waals surface area contributed by atoms with Gasteiger partial charge < -0.3 is 9.47 Å². The molecule has 1 unspecified atom stereocenters. The summed E-state index contributed by atoms with van der Waals surface area (Å²) in [7, 11) is 5.06. The van der Waals surface area contributed by atoms with Crippen LogP contribution in [0.4, 0.5) is 4.79 Å². The van der Waals surface area contributed by atoms with E-state index in [0.717, 1.165) is 47.7 Å². The molecule has 0 saturated heterocycles. The number of nitrogens with zero attached hydrogens (tertiary/aromatic N) is 3. The zero-order chi connectivity index (χ0) is 23.5. The Morgan fingerprint density at radius 1 is 1.28 bits per heavy atom. The molecule has 0 aromatic heterocycles. The minimum atomic E-state index is -1.05. The third kappa shape index (κ3) is 3.46. The fourth-order valence-corrected chi connectivity index (χ4v) is 5.94.